The molecule has 0 radical (unpaired) electrons. The van der Waals surface area contributed by atoms with Gasteiger partial charge in [0.2, 0.25) is 0 Å². The lowest BCUT2D eigenvalue weighted by Crippen LogP contribution is -1.85. The highest BCUT2D eigenvalue weighted by Crippen LogP contribution is 2.24. The normalized spacial score (nSPS) is 10.4. The van der Waals surface area contributed by atoms with Gasteiger partial charge in [-0.05, 0) is 46.5 Å². The molecule has 0 aliphatic carbocycles. The second-order valence-corrected chi connectivity index (χ2v) is 4.65. The van der Waals surface area contributed by atoms with Crippen molar-refractivity contribution >= 4 is 34.5 Å². The number of thiophene rings is 1. The Balaban J connectivity index is 2.22. The van der Waals surface area contributed by atoms with Crippen molar-refractivity contribution < 1.29 is 0 Å². The van der Waals surface area contributed by atoms with Gasteiger partial charge in [0.15, 0.2) is 0 Å². The van der Waals surface area contributed by atoms with Gasteiger partial charge in [0.1, 0.15) is 0 Å². The lowest BCUT2D eigenvalue weighted by atomic mass is 10.1. The van der Waals surface area contributed by atoms with Crippen LogP contribution in [0.1, 0.15) is 11.1 Å². The first-order valence-electron chi connectivity index (χ1n) is 4.21. The molecule has 0 saturated carbocycles. The van der Waals surface area contributed by atoms with E-state index in [-0.39, 0.29) is 0 Å². The van der Waals surface area contributed by atoms with Crippen LogP contribution in [0.3, 0.4) is 0 Å². The van der Waals surface area contributed by atoms with Crippen molar-refractivity contribution in [3.8, 4) is 0 Å². The number of halogens is 2. The maximum atomic E-state index is 5.92. The monoisotopic (exact) mass is 242 g/mol. The van der Waals surface area contributed by atoms with E-state index >= 15 is 0 Å². The van der Waals surface area contributed by atoms with E-state index in [4.69, 9.17) is 23.2 Å². The second kappa shape index (κ2) is 4.35. The molecule has 0 fully saturated rings. The molecule has 1 heterocycles. The van der Waals surface area contributed by atoms with Gasteiger partial charge >= 0.3 is 0 Å². The molecule has 0 saturated heterocycles. The summed E-state index contributed by atoms with van der Waals surface area (Å²) < 4.78 is 0. The highest BCUT2D eigenvalue weighted by Gasteiger charge is 2.00. The zero-order chi connectivity index (χ0) is 9.97. The highest BCUT2D eigenvalue weighted by atomic mass is 35.5. The van der Waals surface area contributed by atoms with Crippen LogP contribution in [0.4, 0.5) is 0 Å². The lowest BCUT2D eigenvalue weighted by Gasteiger charge is -2.01. The molecule has 72 valence electrons. The molecule has 0 spiro atoms. The molecule has 0 nitrogen and oxygen atoms in total. The lowest BCUT2D eigenvalue weighted by molar-refractivity contribution is 1.21. The summed E-state index contributed by atoms with van der Waals surface area (Å²) in [7, 11) is 0. The second-order valence-electron chi connectivity index (χ2n) is 3.06. The van der Waals surface area contributed by atoms with Crippen LogP contribution in [0, 0.1) is 0 Å². The van der Waals surface area contributed by atoms with Gasteiger partial charge in [0, 0.05) is 0 Å². The Hall–Kier alpha value is -0.500. The predicted molar refractivity (Wildman–Crippen MR) is 63.6 cm³/mol. The van der Waals surface area contributed by atoms with Crippen LogP contribution < -0.4 is 0 Å². The fourth-order valence-electron chi connectivity index (χ4n) is 1.28. The highest BCUT2D eigenvalue weighted by molar-refractivity contribution is 7.07. The van der Waals surface area contributed by atoms with Crippen molar-refractivity contribution in [2.75, 3.05) is 0 Å². The molecule has 1 aromatic carbocycles. The van der Waals surface area contributed by atoms with Gasteiger partial charge in [0.05, 0.1) is 10.0 Å². The molecule has 0 amide bonds. The summed E-state index contributed by atoms with van der Waals surface area (Å²) >= 11 is 13.5. The van der Waals surface area contributed by atoms with E-state index in [0.717, 1.165) is 6.42 Å². The Kier molecular flexibility index (Phi) is 3.12. The molecular formula is C11H8Cl2S. The fourth-order valence-corrected chi connectivity index (χ4v) is 2.27. The minimum absolute atomic E-state index is 0.612. The van der Waals surface area contributed by atoms with Crippen molar-refractivity contribution in [2.24, 2.45) is 0 Å². The quantitative estimate of drug-likeness (QED) is 0.720. The minimum Gasteiger partial charge on any atom is -0.152 e. The van der Waals surface area contributed by atoms with E-state index < -0.39 is 0 Å². The molecule has 0 atom stereocenters. The maximum absolute atomic E-state index is 5.92. The van der Waals surface area contributed by atoms with Crippen LogP contribution in [0.2, 0.25) is 10.0 Å². The summed E-state index contributed by atoms with van der Waals surface area (Å²) in [6, 6.07) is 7.88. The summed E-state index contributed by atoms with van der Waals surface area (Å²) in [5.41, 5.74) is 2.51. The third-order valence-corrected chi connectivity index (χ3v) is 3.44. The molecule has 0 unspecified atom stereocenters. The van der Waals surface area contributed by atoms with E-state index in [2.05, 4.69) is 16.8 Å². The SMILES string of the molecule is Clc1ccc(Cc2ccsc2)cc1Cl. The van der Waals surface area contributed by atoms with Crippen LogP contribution >= 0.6 is 34.5 Å². The summed E-state index contributed by atoms with van der Waals surface area (Å²) in [5.74, 6) is 0. The van der Waals surface area contributed by atoms with Gasteiger partial charge in [-0.1, -0.05) is 29.3 Å². The Morgan fingerprint density at radius 1 is 1.00 bits per heavy atom. The molecule has 14 heavy (non-hydrogen) atoms. The smallest absolute Gasteiger partial charge is 0.0595 e. The van der Waals surface area contributed by atoms with E-state index in [1.165, 1.54) is 11.1 Å². The first-order valence-corrected chi connectivity index (χ1v) is 5.90. The minimum atomic E-state index is 0.612. The Labute approximate surface area is 97.1 Å². The first-order chi connectivity index (χ1) is 6.75. The van der Waals surface area contributed by atoms with Gasteiger partial charge in [-0.3, -0.25) is 0 Å². The van der Waals surface area contributed by atoms with Crippen molar-refractivity contribution in [2.45, 2.75) is 6.42 Å². The third kappa shape index (κ3) is 2.30. The van der Waals surface area contributed by atoms with Crippen LogP contribution in [0.5, 0.6) is 0 Å². The predicted octanol–water partition coefficient (Wildman–Crippen LogP) is 4.65. The third-order valence-electron chi connectivity index (χ3n) is 1.97. The number of rotatable bonds is 2. The first kappa shape index (κ1) is 10.0. The van der Waals surface area contributed by atoms with E-state index in [1.54, 1.807) is 11.3 Å². The number of hydrogen-bond donors (Lipinski definition) is 0. The fraction of sp³-hybridized carbons (Fsp3) is 0.0909. The van der Waals surface area contributed by atoms with E-state index in [0.29, 0.717) is 10.0 Å². The zero-order valence-electron chi connectivity index (χ0n) is 7.34. The largest absolute Gasteiger partial charge is 0.152 e. The molecule has 1 aromatic heterocycles. The molecule has 2 aromatic rings. The average molecular weight is 243 g/mol. The standard InChI is InChI=1S/C11H8Cl2S/c12-10-2-1-8(6-11(10)13)5-9-3-4-14-7-9/h1-4,6-7H,5H2. The Morgan fingerprint density at radius 2 is 1.86 bits per heavy atom. The molecule has 0 bridgehead atoms. The van der Waals surface area contributed by atoms with Crippen molar-refractivity contribution in [1.82, 2.24) is 0 Å². The average Bonchev–Trinajstić information content (AvgIpc) is 2.64. The molecule has 2 rings (SSSR count). The van der Waals surface area contributed by atoms with Crippen molar-refractivity contribution in [3.63, 3.8) is 0 Å². The Bertz CT molecular complexity index is 421. The maximum Gasteiger partial charge on any atom is 0.0595 e. The molecular weight excluding hydrogens is 235 g/mol. The van der Waals surface area contributed by atoms with E-state index in [1.807, 2.05) is 18.2 Å². The van der Waals surface area contributed by atoms with Gasteiger partial charge in [-0.15, -0.1) is 0 Å². The molecule has 0 aliphatic heterocycles. The summed E-state index contributed by atoms with van der Waals surface area (Å²) in [6.07, 6.45) is 0.917. The topological polar surface area (TPSA) is 0 Å². The van der Waals surface area contributed by atoms with Crippen molar-refractivity contribution in [1.29, 1.82) is 0 Å². The summed E-state index contributed by atoms with van der Waals surface area (Å²) in [6.45, 7) is 0. The van der Waals surface area contributed by atoms with Gasteiger partial charge in [0.25, 0.3) is 0 Å². The van der Waals surface area contributed by atoms with Crippen LogP contribution in [0.25, 0.3) is 0 Å². The summed E-state index contributed by atoms with van der Waals surface area (Å²) in [4.78, 5) is 0. The van der Waals surface area contributed by atoms with Gasteiger partial charge < -0.3 is 0 Å². The summed E-state index contributed by atoms with van der Waals surface area (Å²) in [5, 5.41) is 5.45. The van der Waals surface area contributed by atoms with Crippen molar-refractivity contribution in [3.05, 3.63) is 56.2 Å². The van der Waals surface area contributed by atoms with Crippen LogP contribution in [-0.4, -0.2) is 0 Å². The van der Waals surface area contributed by atoms with Gasteiger partial charge in [-0.25, -0.2) is 0 Å². The molecule has 0 aliphatic rings. The van der Waals surface area contributed by atoms with Gasteiger partial charge in [-0.2, -0.15) is 11.3 Å². The molecule has 0 N–H and O–H groups in total. The molecule has 3 heteroatoms. The number of benzene rings is 1. The Morgan fingerprint density at radius 3 is 2.50 bits per heavy atom. The number of hydrogen-bond acceptors (Lipinski definition) is 1. The van der Waals surface area contributed by atoms with Crippen LogP contribution in [0.15, 0.2) is 35.0 Å². The zero-order valence-corrected chi connectivity index (χ0v) is 9.66. The van der Waals surface area contributed by atoms with E-state index in [9.17, 15) is 0 Å². The van der Waals surface area contributed by atoms with Crippen LogP contribution in [-0.2, 0) is 6.42 Å².